The van der Waals surface area contributed by atoms with Crippen molar-refractivity contribution in [2.24, 2.45) is 5.10 Å². The molecule has 0 aromatic heterocycles. The number of hydrogen-bond donors (Lipinski definition) is 2. The Morgan fingerprint density at radius 1 is 0.938 bits per heavy atom. The van der Waals surface area contributed by atoms with Crippen LogP contribution in [-0.4, -0.2) is 24.0 Å². The molecule has 3 aromatic carbocycles. The van der Waals surface area contributed by atoms with Crippen LogP contribution in [0, 0.1) is 6.92 Å². The third-order valence-corrected chi connectivity index (χ3v) is 4.95. The lowest BCUT2D eigenvalue weighted by atomic mass is 10.1. The van der Waals surface area contributed by atoms with E-state index in [1.165, 1.54) is 12.3 Å². The van der Waals surface area contributed by atoms with E-state index in [1.54, 1.807) is 54.6 Å². The van der Waals surface area contributed by atoms with E-state index < -0.39 is 17.8 Å². The highest BCUT2D eigenvalue weighted by Gasteiger charge is 2.15. The molecule has 32 heavy (non-hydrogen) atoms. The fourth-order valence-corrected chi connectivity index (χ4v) is 2.90. The molecule has 9 heteroatoms. The molecule has 0 bridgehead atoms. The van der Waals surface area contributed by atoms with Gasteiger partial charge in [-0.05, 0) is 61.0 Å². The minimum Gasteiger partial charge on any atom is -0.423 e. The summed E-state index contributed by atoms with van der Waals surface area (Å²) in [5.74, 6) is -2.05. The smallest absolute Gasteiger partial charge is 0.343 e. The highest BCUT2D eigenvalue weighted by Crippen LogP contribution is 2.29. The van der Waals surface area contributed by atoms with Gasteiger partial charge in [-0.3, -0.25) is 9.59 Å². The van der Waals surface area contributed by atoms with Crippen LogP contribution < -0.4 is 15.5 Å². The number of anilines is 1. The molecular formula is C23H17Cl2N3O4. The molecule has 0 heterocycles. The van der Waals surface area contributed by atoms with Crippen LogP contribution in [0.25, 0.3) is 0 Å². The number of nitrogens with one attached hydrogen (secondary N) is 2. The number of carbonyl (C=O) groups excluding carboxylic acids is 3. The van der Waals surface area contributed by atoms with Crippen LogP contribution >= 0.6 is 23.2 Å². The van der Waals surface area contributed by atoms with Gasteiger partial charge in [0.25, 0.3) is 0 Å². The summed E-state index contributed by atoms with van der Waals surface area (Å²) in [7, 11) is 0. The molecule has 0 unspecified atom stereocenters. The first-order valence-corrected chi connectivity index (χ1v) is 10.1. The zero-order valence-electron chi connectivity index (χ0n) is 16.8. The van der Waals surface area contributed by atoms with Crippen molar-refractivity contribution in [2.45, 2.75) is 6.92 Å². The third-order valence-electron chi connectivity index (χ3n) is 4.13. The molecule has 7 nitrogen and oxygen atoms in total. The van der Waals surface area contributed by atoms with Crippen LogP contribution in [0.1, 0.15) is 21.5 Å². The molecule has 0 radical (unpaired) electrons. The number of rotatable bonds is 5. The Morgan fingerprint density at radius 3 is 2.38 bits per heavy atom. The van der Waals surface area contributed by atoms with Gasteiger partial charge in [-0.1, -0.05) is 47.0 Å². The number of hydrazone groups is 1. The first-order chi connectivity index (χ1) is 15.3. The van der Waals surface area contributed by atoms with Crippen molar-refractivity contribution in [3.8, 4) is 5.75 Å². The first kappa shape index (κ1) is 23.0. The summed E-state index contributed by atoms with van der Waals surface area (Å²) in [4.78, 5) is 36.0. The number of amides is 2. The summed E-state index contributed by atoms with van der Waals surface area (Å²) in [6.07, 6.45) is 1.34. The fourth-order valence-electron chi connectivity index (χ4n) is 2.56. The molecule has 2 amide bonds. The molecule has 0 saturated heterocycles. The molecule has 0 atom stereocenters. The zero-order chi connectivity index (χ0) is 23.1. The Balaban J connectivity index is 1.53. The van der Waals surface area contributed by atoms with Crippen LogP contribution in [0.3, 0.4) is 0 Å². The molecule has 0 fully saturated rings. The lowest BCUT2D eigenvalue weighted by Gasteiger charge is -2.07. The Kier molecular flexibility index (Phi) is 7.59. The highest BCUT2D eigenvalue weighted by molar-refractivity contribution is 6.45. The predicted molar refractivity (Wildman–Crippen MR) is 123 cm³/mol. The summed E-state index contributed by atoms with van der Waals surface area (Å²) in [6, 6.07) is 18.2. The maximum atomic E-state index is 12.2. The molecular weight excluding hydrogens is 453 g/mol. The Hall–Kier alpha value is -3.68. The number of hydrogen-bond acceptors (Lipinski definition) is 5. The number of carbonyl (C=O) groups is 3. The van der Waals surface area contributed by atoms with E-state index >= 15 is 0 Å². The van der Waals surface area contributed by atoms with E-state index in [-0.39, 0.29) is 15.7 Å². The van der Waals surface area contributed by atoms with Gasteiger partial charge in [0.1, 0.15) is 5.75 Å². The molecule has 0 spiro atoms. The van der Waals surface area contributed by atoms with Crippen LogP contribution in [0.15, 0.2) is 71.8 Å². The van der Waals surface area contributed by atoms with E-state index in [9.17, 15) is 14.4 Å². The van der Waals surface area contributed by atoms with Gasteiger partial charge in [-0.2, -0.15) is 5.10 Å². The topological polar surface area (TPSA) is 96.9 Å². The van der Waals surface area contributed by atoms with Gasteiger partial charge in [-0.15, -0.1) is 0 Å². The van der Waals surface area contributed by atoms with Crippen LogP contribution in [-0.2, 0) is 9.59 Å². The second kappa shape index (κ2) is 10.6. The fraction of sp³-hybridized carbons (Fsp3) is 0.0435. The standard InChI is InChI=1S/C23H17Cl2N3O4/c1-14-4-2-5-16(12-14)23(31)32-17-10-8-15(9-11-17)13-26-28-22(30)21(29)27-19-7-3-6-18(24)20(19)25/h2-13H,1H3,(H,27,29)(H,28,30). The van der Waals surface area contributed by atoms with Crippen molar-refractivity contribution in [3.63, 3.8) is 0 Å². The number of ether oxygens (including phenoxy) is 1. The second-order valence-electron chi connectivity index (χ2n) is 6.58. The van der Waals surface area contributed by atoms with Gasteiger partial charge in [0, 0.05) is 0 Å². The average molecular weight is 470 g/mol. The summed E-state index contributed by atoms with van der Waals surface area (Å²) >= 11 is 11.8. The quantitative estimate of drug-likeness (QED) is 0.187. The summed E-state index contributed by atoms with van der Waals surface area (Å²) in [5, 5.41) is 6.47. The average Bonchev–Trinajstić information content (AvgIpc) is 2.78. The van der Waals surface area contributed by atoms with E-state index in [0.717, 1.165) is 5.56 Å². The molecule has 0 aliphatic carbocycles. The molecule has 2 N–H and O–H groups in total. The van der Waals surface area contributed by atoms with Crippen molar-refractivity contribution >= 4 is 52.9 Å². The second-order valence-corrected chi connectivity index (χ2v) is 7.37. The molecule has 162 valence electrons. The van der Waals surface area contributed by atoms with Crippen LogP contribution in [0.4, 0.5) is 5.69 Å². The van der Waals surface area contributed by atoms with Crippen molar-refractivity contribution in [1.82, 2.24) is 5.43 Å². The van der Waals surface area contributed by atoms with Crippen LogP contribution in [0.2, 0.25) is 10.0 Å². The van der Waals surface area contributed by atoms with Crippen molar-refractivity contribution in [3.05, 3.63) is 93.5 Å². The molecule has 3 aromatic rings. The van der Waals surface area contributed by atoms with E-state index in [0.29, 0.717) is 16.9 Å². The Labute approximate surface area is 194 Å². The maximum Gasteiger partial charge on any atom is 0.343 e. The van der Waals surface area contributed by atoms with Gasteiger partial charge >= 0.3 is 17.8 Å². The molecule has 3 rings (SSSR count). The number of halogens is 2. The summed E-state index contributed by atoms with van der Waals surface area (Å²) < 4.78 is 5.33. The SMILES string of the molecule is Cc1cccc(C(=O)Oc2ccc(C=NNC(=O)C(=O)Nc3cccc(Cl)c3Cl)cc2)c1. The van der Waals surface area contributed by atoms with Crippen molar-refractivity contribution in [2.75, 3.05) is 5.32 Å². The van der Waals surface area contributed by atoms with Gasteiger partial charge in [0.15, 0.2) is 0 Å². The normalized spacial score (nSPS) is 10.6. The molecule has 0 aliphatic rings. The first-order valence-electron chi connectivity index (χ1n) is 9.31. The number of benzene rings is 3. The third kappa shape index (κ3) is 6.16. The molecule has 0 saturated carbocycles. The van der Waals surface area contributed by atoms with E-state index in [1.807, 2.05) is 13.0 Å². The van der Waals surface area contributed by atoms with Gasteiger partial charge in [0.05, 0.1) is 27.5 Å². The van der Waals surface area contributed by atoms with Crippen LogP contribution in [0.5, 0.6) is 5.75 Å². The Bertz CT molecular complexity index is 1190. The monoisotopic (exact) mass is 469 g/mol. The summed E-state index contributed by atoms with van der Waals surface area (Å²) in [6.45, 7) is 1.89. The lowest BCUT2D eigenvalue weighted by molar-refractivity contribution is -0.136. The largest absolute Gasteiger partial charge is 0.423 e. The number of esters is 1. The van der Waals surface area contributed by atoms with Crippen molar-refractivity contribution in [1.29, 1.82) is 0 Å². The lowest BCUT2D eigenvalue weighted by Crippen LogP contribution is -2.32. The van der Waals surface area contributed by atoms with Gasteiger partial charge in [0.2, 0.25) is 0 Å². The maximum absolute atomic E-state index is 12.2. The minimum absolute atomic E-state index is 0.127. The predicted octanol–water partition coefficient (Wildman–Crippen LogP) is 4.61. The molecule has 0 aliphatic heterocycles. The zero-order valence-corrected chi connectivity index (χ0v) is 18.3. The van der Waals surface area contributed by atoms with Gasteiger partial charge < -0.3 is 10.1 Å². The van der Waals surface area contributed by atoms with Gasteiger partial charge in [-0.25, -0.2) is 10.2 Å². The summed E-state index contributed by atoms with van der Waals surface area (Å²) in [5.41, 5.74) is 4.34. The number of nitrogens with zero attached hydrogens (tertiary/aromatic N) is 1. The highest BCUT2D eigenvalue weighted by atomic mass is 35.5. The van der Waals surface area contributed by atoms with Crippen molar-refractivity contribution < 1.29 is 19.1 Å². The number of aryl methyl sites for hydroxylation is 1. The van der Waals surface area contributed by atoms with E-state index in [2.05, 4.69) is 15.8 Å². The van der Waals surface area contributed by atoms with E-state index in [4.69, 9.17) is 27.9 Å². The minimum atomic E-state index is -0.985. The Morgan fingerprint density at radius 2 is 1.66 bits per heavy atom.